The molecule has 0 amide bonds. The summed E-state index contributed by atoms with van der Waals surface area (Å²) in [5.41, 5.74) is 2.98. The van der Waals surface area contributed by atoms with Gasteiger partial charge in [0, 0.05) is 25.5 Å². The van der Waals surface area contributed by atoms with E-state index in [0.29, 0.717) is 0 Å². The SMILES string of the molecule is Cn1c2c(n(C)c1=S)CCCCCCCCCC2. The van der Waals surface area contributed by atoms with Gasteiger partial charge in [-0.15, -0.1) is 0 Å². The Morgan fingerprint density at radius 3 is 1.39 bits per heavy atom. The van der Waals surface area contributed by atoms with Gasteiger partial charge in [-0.2, -0.15) is 0 Å². The van der Waals surface area contributed by atoms with Gasteiger partial charge in [0.15, 0.2) is 4.77 Å². The minimum atomic E-state index is 0.981. The zero-order chi connectivity index (χ0) is 13.0. The monoisotopic (exact) mass is 266 g/mol. The molecule has 0 saturated heterocycles. The molecule has 0 fully saturated rings. The molecule has 18 heavy (non-hydrogen) atoms. The van der Waals surface area contributed by atoms with Gasteiger partial charge in [-0.1, -0.05) is 38.5 Å². The van der Waals surface area contributed by atoms with Gasteiger partial charge in [0.05, 0.1) is 0 Å². The molecule has 1 aliphatic rings. The van der Waals surface area contributed by atoms with Crippen molar-refractivity contribution >= 4 is 12.2 Å². The van der Waals surface area contributed by atoms with Crippen molar-refractivity contribution in [1.29, 1.82) is 0 Å². The Kier molecular flexibility index (Phi) is 5.04. The van der Waals surface area contributed by atoms with Crippen LogP contribution in [0.25, 0.3) is 0 Å². The summed E-state index contributed by atoms with van der Waals surface area (Å²) in [6.07, 6.45) is 13.5. The second-order valence-corrected chi connectivity index (χ2v) is 5.99. The topological polar surface area (TPSA) is 9.86 Å². The molecule has 0 atom stereocenters. The summed E-state index contributed by atoms with van der Waals surface area (Å²) >= 11 is 5.50. The highest BCUT2D eigenvalue weighted by Crippen LogP contribution is 2.20. The Bertz CT molecular complexity index is 404. The predicted octanol–water partition coefficient (Wildman–Crippen LogP) is 4.31. The Morgan fingerprint density at radius 2 is 1.00 bits per heavy atom. The molecule has 1 aliphatic carbocycles. The van der Waals surface area contributed by atoms with Crippen molar-refractivity contribution in [2.24, 2.45) is 14.1 Å². The van der Waals surface area contributed by atoms with E-state index in [2.05, 4.69) is 23.2 Å². The van der Waals surface area contributed by atoms with Crippen LogP contribution >= 0.6 is 12.2 Å². The highest BCUT2D eigenvalue weighted by Gasteiger charge is 2.13. The number of aromatic nitrogens is 2. The van der Waals surface area contributed by atoms with Crippen molar-refractivity contribution in [1.82, 2.24) is 9.13 Å². The molecule has 0 aromatic carbocycles. The summed E-state index contributed by atoms with van der Waals surface area (Å²) in [4.78, 5) is 0. The molecule has 2 rings (SSSR count). The van der Waals surface area contributed by atoms with Crippen molar-refractivity contribution in [3.05, 3.63) is 16.2 Å². The molecule has 0 spiro atoms. The van der Waals surface area contributed by atoms with Crippen LogP contribution in [0.1, 0.15) is 62.8 Å². The predicted molar refractivity (Wildman–Crippen MR) is 79.6 cm³/mol. The van der Waals surface area contributed by atoms with Crippen LogP contribution in [-0.4, -0.2) is 9.13 Å². The Balaban J connectivity index is 2.21. The lowest BCUT2D eigenvalue weighted by Gasteiger charge is -2.10. The fourth-order valence-electron chi connectivity index (χ4n) is 3.11. The first-order valence-corrected chi connectivity index (χ1v) is 7.86. The van der Waals surface area contributed by atoms with E-state index in [-0.39, 0.29) is 0 Å². The van der Waals surface area contributed by atoms with Crippen LogP contribution < -0.4 is 0 Å². The van der Waals surface area contributed by atoms with Gasteiger partial charge in [0.25, 0.3) is 0 Å². The molecule has 0 radical (unpaired) electrons. The number of imidazole rings is 1. The quantitative estimate of drug-likeness (QED) is 0.636. The summed E-state index contributed by atoms with van der Waals surface area (Å²) in [5, 5.41) is 0. The van der Waals surface area contributed by atoms with Gasteiger partial charge in [0.2, 0.25) is 0 Å². The van der Waals surface area contributed by atoms with E-state index in [1.807, 2.05) is 0 Å². The van der Waals surface area contributed by atoms with Crippen LogP contribution in [0.15, 0.2) is 0 Å². The molecule has 1 aromatic rings. The molecule has 0 saturated carbocycles. The van der Waals surface area contributed by atoms with E-state index in [0.717, 1.165) is 4.77 Å². The maximum atomic E-state index is 5.50. The molecule has 102 valence electrons. The second kappa shape index (κ2) is 6.55. The van der Waals surface area contributed by atoms with Crippen molar-refractivity contribution < 1.29 is 0 Å². The molecule has 2 nitrogen and oxygen atoms in total. The fraction of sp³-hybridized carbons (Fsp3) is 0.800. The minimum absolute atomic E-state index is 0.981. The lowest BCUT2D eigenvalue weighted by atomic mass is 10.0. The molecule has 0 bridgehead atoms. The number of hydrogen-bond donors (Lipinski definition) is 0. The standard InChI is InChI=1S/C15H26N2S/c1-16-13-11-9-7-5-3-4-6-8-10-12-14(13)17(2)15(16)18/h3-12H2,1-2H3. The maximum absolute atomic E-state index is 5.50. The van der Waals surface area contributed by atoms with Crippen LogP contribution in [0.4, 0.5) is 0 Å². The minimum Gasteiger partial charge on any atom is -0.324 e. The lowest BCUT2D eigenvalue weighted by molar-refractivity contribution is 0.551. The van der Waals surface area contributed by atoms with E-state index < -0.39 is 0 Å². The van der Waals surface area contributed by atoms with Gasteiger partial charge in [-0.3, -0.25) is 0 Å². The summed E-state index contributed by atoms with van der Waals surface area (Å²) in [6.45, 7) is 0. The largest absolute Gasteiger partial charge is 0.324 e. The average molecular weight is 266 g/mol. The van der Waals surface area contributed by atoms with Crippen LogP contribution in [0.5, 0.6) is 0 Å². The normalized spacial score (nSPS) is 18.8. The first-order valence-electron chi connectivity index (χ1n) is 7.45. The van der Waals surface area contributed by atoms with Crippen molar-refractivity contribution in [3.8, 4) is 0 Å². The zero-order valence-corrected chi connectivity index (χ0v) is 12.7. The highest BCUT2D eigenvalue weighted by molar-refractivity contribution is 7.71. The van der Waals surface area contributed by atoms with Crippen molar-refractivity contribution in [3.63, 3.8) is 0 Å². The summed E-state index contributed by atoms with van der Waals surface area (Å²) in [6, 6.07) is 0. The number of nitrogens with zero attached hydrogens (tertiary/aromatic N) is 2. The molecule has 1 heterocycles. The van der Waals surface area contributed by atoms with Gasteiger partial charge >= 0.3 is 0 Å². The van der Waals surface area contributed by atoms with Crippen LogP contribution in [0, 0.1) is 4.77 Å². The maximum Gasteiger partial charge on any atom is 0.179 e. The van der Waals surface area contributed by atoms with E-state index >= 15 is 0 Å². The van der Waals surface area contributed by atoms with Gasteiger partial charge in [0.1, 0.15) is 0 Å². The van der Waals surface area contributed by atoms with E-state index in [1.54, 1.807) is 0 Å². The third-order valence-corrected chi connectivity index (χ3v) is 4.84. The number of hydrogen-bond acceptors (Lipinski definition) is 1. The fourth-order valence-corrected chi connectivity index (χ4v) is 3.33. The molecule has 3 heteroatoms. The Morgan fingerprint density at radius 1 is 0.667 bits per heavy atom. The van der Waals surface area contributed by atoms with Gasteiger partial charge in [-0.25, -0.2) is 0 Å². The van der Waals surface area contributed by atoms with E-state index in [9.17, 15) is 0 Å². The van der Waals surface area contributed by atoms with E-state index in [1.165, 1.54) is 75.6 Å². The lowest BCUT2D eigenvalue weighted by Crippen LogP contribution is -2.02. The zero-order valence-electron chi connectivity index (χ0n) is 11.9. The number of fused-ring (bicyclic) bond motifs is 1. The first-order chi connectivity index (χ1) is 8.72. The van der Waals surface area contributed by atoms with Crippen LogP contribution in [0.2, 0.25) is 0 Å². The number of rotatable bonds is 0. The molecule has 0 unspecified atom stereocenters. The summed E-state index contributed by atoms with van der Waals surface area (Å²) < 4.78 is 5.45. The molecule has 1 aromatic heterocycles. The summed E-state index contributed by atoms with van der Waals surface area (Å²) in [5.74, 6) is 0. The molecule has 0 aliphatic heterocycles. The highest BCUT2D eigenvalue weighted by atomic mass is 32.1. The molecular formula is C15H26N2S. The Hall–Kier alpha value is -0.570. The van der Waals surface area contributed by atoms with Gasteiger partial charge < -0.3 is 9.13 Å². The third kappa shape index (κ3) is 3.05. The van der Waals surface area contributed by atoms with Crippen LogP contribution in [0.3, 0.4) is 0 Å². The smallest absolute Gasteiger partial charge is 0.179 e. The Labute approximate surface area is 116 Å². The molecular weight excluding hydrogens is 240 g/mol. The third-order valence-electron chi connectivity index (χ3n) is 4.29. The van der Waals surface area contributed by atoms with E-state index in [4.69, 9.17) is 12.2 Å². The average Bonchev–Trinajstić information content (AvgIpc) is 2.54. The van der Waals surface area contributed by atoms with Crippen molar-refractivity contribution in [2.45, 2.75) is 64.2 Å². The second-order valence-electron chi connectivity index (χ2n) is 5.62. The summed E-state index contributed by atoms with van der Waals surface area (Å²) in [7, 11) is 4.26. The van der Waals surface area contributed by atoms with Crippen LogP contribution in [-0.2, 0) is 26.9 Å². The van der Waals surface area contributed by atoms with Gasteiger partial charge in [-0.05, 0) is 37.9 Å². The first kappa shape index (κ1) is 13.9. The van der Waals surface area contributed by atoms with Crippen molar-refractivity contribution in [2.75, 3.05) is 0 Å². The molecule has 0 N–H and O–H groups in total.